The van der Waals surface area contributed by atoms with Crippen LogP contribution in [0.15, 0.2) is 0 Å². The van der Waals surface area contributed by atoms with Crippen LogP contribution in [-0.2, 0) is 9.53 Å². The van der Waals surface area contributed by atoms with E-state index in [1.807, 2.05) is 6.92 Å². The van der Waals surface area contributed by atoms with Crippen molar-refractivity contribution in [1.29, 1.82) is 0 Å². The molecule has 5 heteroatoms. The van der Waals surface area contributed by atoms with Gasteiger partial charge in [0.1, 0.15) is 0 Å². The van der Waals surface area contributed by atoms with Crippen LogP contribution in [0.25, 0.3) is 0 Å². The van der Waals surface area contributed by atoms with Gasteiger partial charge in [0, 0.05) is 19.6 Å². The number of hydrogen-bond donors (Lipinski definition) is 2. The summed E-state index contributed by atoms with van der Waals surface area (Å²) in [5, 5.41) is 2.85. The first kappa shape index (κ1) is 13.4. The summed E-state index contributed by atoms with van der Waals surface area (Å²) in [6.07, 6.45) is 0.708. The highest BCUT2D eigenvalue weighted by molar-refractivity contribution is 5.85. The summed E-state index contributed by atoms with van der Waals surface area (Å²) in [6.45, 7) is 6.73. The van der Waals surface area contributed by atoms with E-state index < -0.39 is 5.54 Å². The number of nitrogens with zero attached hydrogens (tertiary/aromatic N) is 1. The average Bonchev–Trinajstić information content (AvgIpc) is 2.26. The van der Waals surface area contributed by atoms with Crippen molar-refractivity contribution in [2.45, 2.75) is 31.9 Å². The van der Waals surface area contributed by atoms with E-state index >= 15 is 0 Å². The third kappa shape index (κ3) is 3.73. The van der Waals surface area contributed by atoms with Crippen LogP contribution in [-0.4, -0.2) is 55.7 Å². The molecule has 16 heavy (non-hydrogen) atoms. The smallest absolute Gasteiger partial charge is 0.239 e. The molecule has 0 aliphatic carbocycles. The topological polar surface area (TPSA) is 67.6 Å². The molecule has 1 heterocycles. The molecular formula is C11H23N3O2. The summed E-state index contributed by atoms with van der Waals surface area (Å²) in [6, 6.07) is 0. The lowest BCUT2D eigenvalue weighted by Crippen LogP contribution is -2.54. The highest BCUT2D eigenvalue weighted by Crippen LogP contribution is 2.06. The van der Waals surface area contributed by atoms with E-state index in [0.717, 1.165) is 19.7 Å². The predicted molar refractivity (Wildman–Crippen MR) is 63.1 cm³/mol. The van der Waals surface area contributed by atoms with Crippen molar-refractivity contribution in [2.75, 3.05) is 33.3 Å². The molecule has 1 rings (SSSR count). The Bertz CT molecular complexity index is 243. The van der Waals surface area contributed by atoms with E-state index in [-0.39, 0.29) is 12.0 Å². The third-order valence-corrected chi connectivity index (χ3v) is 3.09. The minimum absolute atomic E-state index is 0.0790. The molecule has 94 valence electrons. The van der Waals surface area contributed by atoms with Crippen LogP contribution in [0.1, 0.15) is 20.3 Å². The highest BCUT2D eigenvalue weighted by Gasteiger charge is 2.27. The monoisotopic (exact) mass is 229 g/mol. The minimum Gasteiger partial charge on any atom is -0.374 e. The summed E-state index contributed by atoms with van der Waals surface area (Å²) in [5.41, 5.74) is 5.06. The fraction of sp³-hybridized carbons (Fsp3) is 0.909. The first-order chi connectivity index (χ1) is 7.45. The van der Waals surface area contributed by atoms with Gasteiger partial charge in [-0.3, -0.25) is 4.79 Å². The van der Waals surface area contributed by atoms with Gasteiger partial charge in [-0.2, -0.15) is 0 Å². The van der Waals surface area contributed by atoms with Crippen LogP contribution in [0.3, 0.4) is 0 Å². The second-order valence-corrected chi connectivity index (χ2v) is 4.74. The first-order valence-electron chi connectivity index (χ1n) is 5.83. The molecule has 0 aromatic heterocycles. The van der Waals surface area contributed by atoms with E-state index in [2.05, 4.69) is 17.3 Å². The summed E-state index contributed by atoms with van der Waals surface area (Å²) in [5.74, 6) is -0.105. The van der Waals surface area contributed by atoms with Gasteiger partial charge >= 0.3 is 0 Å². The number of hydrogen-bond acceptors (Lipinski definition) is 4. The fourth-order valence-corrected chi connectivity index (χ4v) is 1.56. The molecule has 2 atom stereocenters. The standard InChI is InChI=1S/C11H23N3O2/c1-4-11(2,12)10(15)13-7-9-8-14(3)5-6-16-9/h9H,4-8,12H2,1-3H3,(H,13,15). The van der Waals surface area contributed by atoms with E-state index in [1.165, 1.54) is 0 Å². The summed E-state index contributed by atoms with van der Waals surface area (Å²) in [4.78, 5) is 13.9. The maximum atomic E-state index is 11.7. The molecular weight excluding hydrogens is 206 g/mol. The zero-order valence-corrected chi connectivity index (χ0v) is 10.5. The Balaban J connectivity index is 2.31. The lowest BCUT2D eigenvalue weighted by Gasteiger charge is -2.31. The van der Waals surface area contributed by atoms with Crippen molar-refractivity contribution < 1.29 is 9.53 Å². The molecule has 2 unspecified atom stereocenters. The van der Waals surface area contributed by atoms with Gasteiger partial charge in [-0.25, -0.2) is 0 Å². The Labute approximate surface area is 97.3 Å². The van der Waals surface area contributed by atoms with Crippen LogP contribution in [0.4, 0.5) is 0 Å². The zero-order chi connectivity index (χ0) is 12.2. The van der Waals surface area contributed by atoms with Gasteiger partial charge in [-0.15, -0.1) is 0 Å². The van der Waals surface area contributed by atoms with Gasteiger partial charge < -0.3 is 20.7 Å². The summed E-state index contributed by atoms with van der Waals surface area (Å²) < 4.78 is 5.55. The lowest BCUT2D eigenvalue weighted by molar-refractivity contribution is -0.127. The lowest BCUT2D eigenvalue weighted by atomic mass is 9.99. The van der Waals surface area contributed by atoms with Gasteiger partial charge in [0.25, 0.3) is 0 Å². The van der Waals surface area contributed by atoms with Crippen molar-refractivity contribution >= 4 is 5.91 Å². The quantitative estimate of drug-likeness (QED) is 0.686. The molecule has 1 amide bonds. The largest absolute Gasteiger partial charge is 0.374 e. The number of nitrogens with two attached hydrogens (primary N) is 1. The highest BCUT2D eigenvalue weighted by atomic mass is 16.5. The summed E-state index contributed by atoms with van der Waals surface area (Å²) in [7, 11) is 2.05. The van der Waals surface area contributed by atoms with Crippen molar-refractivity contribution in [3.63, 3.8) is 0 Å². The Hall–Kier alpha value is -0.650. The molecule has 5 nitrogen and oxygen atoms in total. The minimum atomic E-state index is -0.777. The molecule has 3 N–H and O–H groups in total. The molecule has 1 aliphatic rings. The number of amides is 1. The zero-order valence-electron chi connectivity index (χ0n) is 10.5. The second-order valence-electron chi connectivity index (χ2n) is 4.74. The maximum absolute atomic E-state index is 11.7. The number of morpholine rings is 1. The van der Waals surface area contributed by atoms with E-state index in [9.17, 15) is 4.79 Å². The molecule has 0 bridgehead atoms. The van der Waals surface area contributed by atoms with E-state index in [1.54, 1.807) is 6.92 Å². The van der Waals surface area contributed by atoms with Crippen LogP contribution in [0.5, 0.6) is 0 Å². The maximum Gasteiger partial charge on any atom is 0.239 e. The van der Waals surface area contributed by atoms with Crippen LogP contribution < -0.4 is 11.1 Å². The van der Waals surface area contributed by atoms with E-state index in [4.69, 9.17) is 10.5 Å². The van der Waals surface area contributed by atoms with Crippen molar-refractivity contribution in [3.05, 3.63) is 0 Å². The Morgan fingerprint density at radius 2 is 2.38 bits per heavy atom. The normalized spacial score (nSPS) is 26.1. The Morgan fingerprint density at radius 1 is 1.69 bits per heavy atom. The molecule has 0 aromatic carbocycles. The number of rotatable bonds is 4. The van der Waals surface area contributed by atoms with Gasteiger partial charge in [0.15, 0.2) is 0 Å². The first-order valence-corrected chi connectivity index (χ1v) is 5.83. The predicted octanol–water partition coefficient (Wildman–Crippen LogP) is -0.439. The third-order valence-electron chi connectivity index (χ3n) is 3.09. The van der Waals surface area contributed by atoms with Gasteiger partial charge in [0.05, 0.1) is 18.2 Å². The van der Waals surface area contributed by atoms with E-state index in [0.29, 0.717) is 13.0 Å². The fourth-order valence-electron chi connectivity index (χ4n) is 1.56. The molecule has 0 radical (unpaired) electrons. The molecule has 1 aliphatic heterocycles. The van der Waals surface area contributed by atoms with Gasteiger partial charge in [-0.1, -0.05) is 6.92 Å². The van der Waals surface area contributed by atoms with Gasteiger partial charge in [0.2, 0.25) is 5.91 Å². The van der Waals surface area contributed by atoms with Crippen LogP contribution >= 0.6 is 0 Å². The van der Waals surface area contributed by atoms with Crippen molar-refractivity contribution in [3.8, 4) is 0 Å². The number of likely N-dealkylation sites (N-methyl/N-ethyl adjacent to an activating group) is 1. The molecule has 1 saturated heterocycles. The number of ether oxygens (including phenoxy) is 1. The average molecular weight is 229 g/mol. The molecule has 0 saturated carbocycles. The molecule has 0 aromatic rings. The Morgan fingerprint density at radius 3 is 2.94 bits per heavy atom. The number of nitrogens with one attached hydrogen (secondary N) is 1. The van der Waals surface area contributed by atoms with Crippen molar-refractivity contribution in [2.24, 2.45) is 5.73 Å². The van der Waals surface area contributed by atoms with Crippen molar-refractivity contribution in [1.82, 2.24) is 10.2 Å². The number of carbonyl (C=O) groups excluding carboxylic acids is 1. The summed E-state index contributed by atoms with van der Waals surface area (Å²) >= 11 is 0. The molecule has 0 spiro atoms. The van der Waals surface area contributed by atoms with Crippen LogP contribution in [0.2, 0.25) is 0 Å². The SMILES string of the molecule is CCC(C)(N)C(=O)NCC1CN(C)CCO1. The number of carbonyl (C=O) groups is 1. The molecule has 1 fully saturated rings. The van der Waals surface area contributed by atoms with Gasteiger partial charge in [-0.05, 0) is 20.4 Å². The second kappa shape index (κ2) is 5.61. The van der Waals surface area contributed by atoms with Crippen LogP contribution in [0, 0.1) is 0 Å². The Kier molecular flexibility index (Phi) is 4.70.